The molecule has 70 valence electrons. The lowest BCUT2D eigenvalue weighted by Gasteiger charge is -2.26. The molecular weight excluding hydrogens is 148 g/mol. The first-order valence-corrected chi connectivity index (χ1v) is 5.28. The van der Waals surface area contributed by atoms with Crippen LogP contribution in [0.25, 0.3) is 0 Å². The van der Waals surface area contributed by atoms with E-state index in [9.17, 15) is 0 Å². The van der Waals surface area contributed by atoms with Crippen LogP contribution in [-0.2, 0) is 0 Å². The lowest BCUT2D eigenvalue weighted by molar-refractivity contribution is 0.334. The Kier molecular flexibility index (Phi) is 2.37. The molecule has 0 aromatic carbocycles. The molecule has 1 atom stereocenters. The molecule has 2 fully saturated rings. The van der Waals surface area contributed by atoms with Crippen molar-refractivity contribution < 1.29 is 0 Å². The van der Waals surface area contributed by atoms with Crippen molar-refractivity contribution in [3.63, 3.8) is 0 Å². The third-order valence-corrected chi connectivity index (χ3v) is 3.46. The molecule has 1 unspecified atom stereocenters. The van der Waals surface area contributed by atoms with Gasteiger partial charge in [-0.25, -0.2) is 0 Å². The molecule has 1 saturated heterocycles. The van der Waals surface area contributed by atoms with E-state index in [-0.39, 0.29) is 5.54 Å². The molecule has 1 aliphatic carbocycles. The van der Waals surface area contributed by atoms with E-state index in [1.807, 2.05) is 0 Å². The zero-order valence-electron chi connectivity index (χ0n) is 7.81. The van der Waals surface area contributed by atoms with Crippen molar-refractivity contribution in [1.82, 2.24) is 5.32 Å². The highest BCUT2D eigenvalue weighted by atomic mass is 14.9. The van der Waals surface area contributed by atoms with Crippen molar-refractivity contribution in [1.29, 1.82) is 0 Å². The highest BCUT2D eigenvalue weighted by molar-refractivity contribution is 4.92. The fourth-order valence-corrected chi connectivity index (χ4v) is 2.75. The molecule has 2 rings (SSSR count). The molecule has 0 radical (unpaired) electrons. The minimum absolute atomic E-state index is 0.219. The highest BCUT2D eigenvalue weighted by Crippen LogP contribution is 2.33. The highest BCUT2D eigenvalue weighted by Gasteiger charge is 2.32. The van der Waals surface area contributed by atoms with Crippen LogP contribution in [0.4, 0.5) is 0 Å². The smallest absolute Gasteiger partial charge is 0.0157 e. The Bertz CT molecular complexity index is 144. The topological polar surface area (TPSA) is 38.0 Å². The van der Waals surface area contributed by atoms with E-state index < -0.39 is 0 Å². The molecule has 12 heavy (non-hydrogen) atoms. The SMILES string of the molecule is NC1(CC2CCNC2)CCCC1. The summed E-state index contributed by atoms with van der Waals surface area (Å²) in [6.07, 6.45) is 7.86. The maximum atomic E-state index is 6.31. The second kappa shape index (κ2) is 3.35. The number of hydrogen-bond acceptors (Lipinski definition) is 2. The molecule has 2 heteroatoms. The Morgan fingerprint density at radius 3 is 2.67 bits per heavy atom. The van der Waals surface area contributed by atoms with Gasteiger partial charge in [-0.1, -0.05) is 12.8 Å². The number of rotatable bonds is 2. The van der Waals surface area contributed by atoms with E-state index >= 15 is 0 Å². The second-order valence-electron chi connectivity index (χ2n) is 4.63. The van der Waals surface area contributed by atoms with Gasteiger partial charge in [0.05, 0.1) is 0 Å². The van der Waals surface area contributed by atoms with Crippen molar-refractivity contribution >= 4 is 0 Å². The zero-order valence-corrected chi connectivity index (χ0v) is 7.81. The van der Waals surface area contributed by atoms with Crippen molar-refractivity contribution in [2.24, 2.45) is 11.7 Å². The first-order chi connectivity index (χ1) is 5.79. The number of hydrogen-bond donors (Lipinski definition) is 2. The van der Waals surface area contributed by atoms with Gasteiger partial charge in [-0.05, 0) is 44.7 Å². The van der Waals surface area contributed by atoms with Crippen molar-refractivity contribution in [2.75, 3.05) is 13.1 Å². The Balaban J connectivity index is 1.83. The number of nitrogens with one attached hydrogen (secondary N) is 1. The summed E-state index contributed by atoms with van der Waals surface area (Å²) in [5.41, 5.74) is 6.53. The van der Waals surface area contributed by atoms with Gasteiger partial charge >= 0.3 is 0 Å². The van der Waals surface area contributed by atoms with Gasteiger partial charge in [0.2, 0.25) is 0 Å². The monoisotopic (exact) mass is 168 g/mol. The standard InChI is InChI=1S/C10H20N2/c11-10(4-1-2-5-10)7-9-3-6-12-8-9/h9,12H,1-8,11H2. The van der Waals surface area contributed by atoms with Crippen molar-refractivity contribution in [3.8, 4) is 0 Å². The molecule has 0 amide bonds. The third-order valence-electron chi connectivity index (χ3n) is 3.46. The molecule has 1 heterocycles. The Labute approximate surface area is 74.9 Å². The van der Waals surface area contributed by atoms with Gasteiger partial charge in [-0.15, -0.1) is 0 Å². The normalized spacial score (nSPS) is 34.2. The van der Waals surface area contributed by atoms with Gasteiger partial charge in [0.25, 0.3) is 0 Å². The summed E-state index contributed by atoms with van der Waals surface area (Å²) in [5, 5.41) is 3.41. The van der Waals surface area contributed by atoms with Gasteiger partial charge in [-0.2, -0.15) is 0 Å². The average molecular weight is 168 g/mol. The fraction of sp³-hybridized carbons (Fsp3) is 1.00. The van der Waals surface area contributed by atoms with Crippen molar-refractivity contribution in [2.45, 2.75) is 44.1 Å². The molecule has 2 nitrogen and oxygen atoms in total. The molecule has 0 aromatic heterocycles. The maximum absolute atomic E-state index is 6.31. The van der Waals surface area contributed by atoms with Crippen LogP contribution in [0.2, 0.25) is 0 Å². The van der Waals surface area contributed by atoms with E-state index in [1.54, 1.807) is 0 Å². The molecule has 3 N–H and O–H groups in total. The third kappa shape index (κ3) is 1.80. The van der Waals surface area contributed by atoms with Crippen LogP contribution in [0.1, 0.15) is 38.5 Å². The summed E-state index contributed by atoms with van der Waals surface area (Å²) in [7, 11) is 0. The second-order valence-corrected chi connectivity index (χ2v) is 4.63. The Morgan fingerprint density at radius 2 is 2.08 bits per heavy atom. The van der Waals surface area contributed by atoms with Gasteiger partial charge in [0, 0.05) is 5.54 Å². The quantitative estimate of drug-likeness (QED) is 0.651. The molecule has 0 bridgehead atoms. The molecule has 0 aromatic rings. The minimum Gasteiger partial charge on any atom is -0.325 e. The summed E-state index contributed by atoms with van der Waals surface area (Å²) >= 11 is 0. The summed E-state index contributed by atoms with van der Waals surface area (Å²) in [6.45, 7) is 2.42. The first kappa shape index (κ1) is 8.52. The van der Waals surface area contributed by atoms with E-state index in [0.29, 0.717) is 0 Å². The minimum atomic E-state index is 0.219. The summed E-state index contributed by atoms with van der Waals surface area (Å²) < 4.78 is 0. The van der Waals surface area contributed by atoms with Gasteiger partial charge in [0.1, 0.15) is 0 Å². The van der Waals surface area contributed by atoms with E-state index in [4.69, 9.17) is 5.73 Å². The van der Waals surface area contributed by atoms with Crippen molar-refractivity contribution in [3.05, 3.63) is 0 Å². The van der Waals surface area contributed by atoms with E-state index in [0.717, 1.165) is 5.92 Å². The largest absolute Gasteiger partial charge is 0.325 e. The Morgan fingerprint density at radius 1 is 1.33 bits per heavy atom. The van der Waals surface area contributed by atoms with Crippen LogP contribution in [0.5, 0.6) is 0 Å². The number of nitrogens with two attached hydrogens (primary N) is 1. The molecule has 1 saturated carbocycles. The van der Waals surface area contributed by atoms with Crippen LogP contribution in [0.15, 0.2) is 0 Å². The van der Waals surface area contributed by atoms with Gasteiger partial charge in [-0.3, -0.25) is 0 Å². The van der Waals surface area contributed by atoms with Crippen LogP contribution < -0.4 is 11.1 Å². The summed E-state index contributed by atoms with van der Waals surface area (Å²) in [4.78, 5) is 0. The van der Waals surface area contributed by atoms with Crippen LogP contribution in [-0.4, -0.2) is 18.6 Å². The molecular formula is C10H20N2. The van der Waals surface area contributed by atoms with Gasteiger partial charge in [0.15, 0.2) is 0 Å². The lowest BCUT2D eigenvalue weighted by Crippen LogP contribution is -2.38. The molecule has 0 spiro atoms. The fourth-order valence-electron chi connectivity index (χ4n) is 2.75. The van der Waals surface area contributed by atoms with E-state index in [2.05, 4.69) is 5.32 Å². The zero-order chi connectivity index (χ0) is 8.44. The van der Waals surface area contributed by atoms with Crippen LogP contribution in [0, 0.1) is 5.92 Å². The molecule has 1 aliphatic heterocycles. The van der Waals surface area contributed by atoms with Gasteiger partial charge < -0.3 is 11.1 Å². The molecule has 2 aliphatic rings. The average Bonchev–Trinajstić information content (AvgIpc) is 2.62. The maximum Gasteiger partial charge on any atom is 0.0157 e. The lowest BCUT2D eigenvalue weighted by atomic mass is 9.86. The summed E-state index contributed by atoms with van der Waals surface area (Å²) in [5.74, 6) is 0.869. The van der Waals surface area contributed by atoms with E-state index in [1.165, 1.54) is 51.6 Å². The predicted octanol–water partition coefficient (Wildman–Crippen LogP) is 1.26. The predicted molar refractivity (Wildman–Crippen MR) is 51.0 cm³/mol. The van der Waals surface area contributed by atoms with Crippen LogP contribution in [0.3, 0.4) is 0 Å². The van der Waals surface area contributed by atoms with Crippen LogP contribution >= 0.6 is 0 Å². The Hall–Kier alpha value is -0.0800. The first-order valence-electron chi connectivity index (χ1n) is 5.28. The summed E-state index contributed by atoms with van der Waals surface area (Å²) in [6, 6.07) is 0.